The van der Waals surface area contributed by atoms with Gasteiger partial charge in [0.25, 0.3) is 11.8 Å². The van der Waals surface area contributed by atoms with Crippen LogP contribution in [0.1, 0.15) is 18.4 Å². The summed E-state index contributed by atoms with van der Waals surface area (Å²) < 4.78 is 10.5. The molecule has 0 aliphatic carbocycles. The summed E-state index contributed by atoms with van der Waals surface area (Å²) in [6.45, 7) is 0.777. The van der Waals surface area contributed by atoms with Crippen LogP contribution in [-0.2, 0) is 14.3 Å². The highest BCUT2D eigenvalue weighted by Gasteiger charge is 2.37. The van der Waals surface area contributed by atoms with Gasteiger partial charge in [0, 0.05) is 6.61 Å². The standard InChI is InChI=1S/C17H18N2O5/c1-23-12-6-4-11(5-7-12)9-14-15(20)18-17(22)19(16(14)21)10-13-3-2-8-24-13/h4-7,9,13H,2-3,8,10H2,1H3,(H,18,20,22)/b14-9-. The zero-order valence-corrected chi connectivity index (χ0v) is 13.3. The summed E-state index contributed by atoms with van der Waals surface area (Å²) in [4.78, 5) is 37.6. The molecule has 2 aliphatic rings. The van der Waals surface area contributed by atoms with Gasteiger partial charge in [0.15, 0.2) is 0 Å². The Morgan fingerprint density at radius 1 is 1.29 bits per heavy atom. The van der Waals surface area contributed by atoms with E-state index in [9.17, 15) is 14.4 Å². The Hall–Kier alpha value is -2.67. The summed E-state index contributed by atoms with van der Waals surface area (Å²) in [6, 6.07) is 6.22. The predicted octanol–water partition coefficient (Wildman–Crippen LogP) is 1.34. The highest BCUT2D eigenvalue weighted by molar-refractivity contribution is 6.31. The van der Waals surface area contributed by atoms with Crippen molar-refractivity contribution in [2.75, 3.05) is 20.3 Å². The van der Waals surface area contributed by atoms with Crippen molar-refractivity contribution in [3.05, 3.63) is 35.4 Å². The monoisotopic (exact) mass is 330 g/mol. The molecule has 0 radical (unpaired) electrons. The summed E-state index contributed by atoms with van der Waals surface area (Å²) in [5.41, 5.74) is 0.596. The fraction of sp³-hybridized carbons (Fsp3) is 0.353. The van der Waals surface area contributed by atoms with Crippen LogP contribution in [-0.4, -0.2) is 49.1 Å². The van der Waals surface area contributed by atoms with Gasteiger partial charge in [-0.15, -0.1) is 0 Å². The lowest BCUT2D eigenvalue weighted by molar-refractivity contribution is -0.131. The van der Waals surface area contributed by atoms with E-state index in [1.54, 1.807) is 31.4 Å². The Labute approximate surface area is 139 Å². The highest BCUT2D eigenvalue weighted by atomic mass is 16.5. The maximum absolute atomic E-state index is 12.6. The fourth-order valence-electron chi connectivity index (χ4n) is 2.72. The van der Waals surface area contributed by atoms with E-state index in [-0.39, 0.29) is 18.2 Å². The van der Waals surface area contributed by atoms with Crippen molar-refractivity contribution in [3.8, 4) is 5.75 Å². The molecular formula is C17H18N2O5. The van der Waals surface area contributed by atoms with E-state index in [0.29, 0.717) is 17.9 Å². The number of barbiturate groups is 1. The number of nitrogens with one attached hydrogen (secondary N) is 1. The molecule has 7 nitrogen and oxygen atoms in total. The lowest BCUT2D eigenvalue weighted by Gasteiger charge is -2.28. The Bertz CT molecular complexity index is 689. The molecule has 2 aliphatic heterocycles. The minimum Gasteiger partial charge on any atom is -0.497 e. The quantitative estimate of drug-likeness (QED) is 0.665. The first-order valence-electron chi connectivity index (χ1n) is 7.73. The summed E-state index contributed by atoms with van der Waals surface area (Å²) in [7, 11) is 1.56. The van der Waals surface area contributed by atoms with Crippen LogP contribution < -0.4 is 10.1 Å². The number of imide groups is 2. The van der Waals surface area contributed by atoms with Crippen LogP contribution in [0.5, 0.6) is 5.75 Å². The molecule has 24 heavy (non-hydrogen) atoms. The van der Waals surface area contributed by atoms with E-state index in [0.717, 1.165) is 17.7 Å². The summed E-state index contributed by atoms with van der Waals surface area (Å²) >= 11 is 0. The third-order valence-electron chi connectivity index (χ3n) is 4.02. The smallest absolute Gasteiger partial charge is 0.331 e. The first-order chi connectivity index (χ1) is 11.6. The average molecular weight is 330 g/mol. The van der Waals surface area contributed by atoms with Crippen LogP contribution in [0.3, 0.4) is 0 Å². The molecular weight excluding hydrogens is 312 g/mol. The maximum Gasteiger partial charge on any atom is 0.331 e. The largest absolute Gasteiger partial charge is 0.497 e. The lowest BCUT2D eigenvalue weighted by Crippen LogP contribution is -2.55. The third kappa shape index (κ3) is 3.30. The van der Waals surface area contributed by atoms with Gasteiger partial charge >= 0.3 is 6.03 Å². The molecule has 126 valence electrons. The van der Waals surface area contributed by atoms with Crippen molar-refractivity contribution in [1.82, 2.24) is 10.2 Å². The average Bonchev–Trinajstić information content (AvgIpc) is 3.09. The number of rotatable bonds is 4. The fourth-order valence-corrected chi connectivity index (χ4v) is 2.72. The minimum atomic E-state index is -0.701. The number of nitrogens with zero attached hydrogens (tertiary/aromatic N) is 1. The normalized spacial score (nSPS) is 22.9. The highest BCUT2D eigenvalue weighted by Crippen LogP contribution is 2.20. The molecule has 2 heterocycles. The van der Waals surface area contributed by atoms with Crippen molar-refractivity contribution in [1.29, 1.82) is 0 Å². The number of ether oxygens (including phenoxy) is 2. The zero-order valence-electron chi connectivity index (χ0n) is 13.3. The van der Waals surface area contributed by atoms with Crippen molar-refractivity contribution in [2.24, 2.45) is 0 Å². The molecule has 0 spiro atoms. The molecule has 1 unspecified atom stereocenters. The Kier molecular flexibility index (Phi) is 4.61. The van der Waals surface area contributed by atoms with Crippen LogP contribution in [0.4, 0.5) is 4.79 Å². The van der Waals surface area contributed by atoms with Gasteiger partial charge in [-0.2, -0.15) is 0 Å². The van der Waals surface area contributed by atoms with Crippen molar-refractivity contribution in [3.63, 3.8) is 0 Å². The zero-order chi connectivity index (χ0) is 17.1. The second kappa shape index (κ2) is 6.84. The van der Waals surface area contributed by atoms with Crippen molar-refractivity contribution >= 4 is 23.9 Å². The van der Waals surface area contributed by atoms with Crippen LogP contribution in [0.25, 0.3) is 6.08 Å². The predicted molar refractivity (Wildman–Crippen MR) is 85.2 cm³/mol. The van der Waals surface area contributed by atoms with Gasteiger partial charge in [-0.3, -0.25) is 19.8 Å². The van der Waals surface area contributed by atoms with E-state index in [2.05, 4.69) is 5.32 Å². The Balaban J connectivity index is 1.82. The minimum absolute atomic E-state index is 0.0715. The van der Waals surface area contributed by atoms with Crippen LogP contribution in [0.15, 0.2) is 29.8 Å². The van der Waals surface area contributed by atoms with E-state index >= 15 is 0 Å². The maximum atomic E-state index is 12.6. The van der Waals surface area contributed by atoms with Crippen LogP contribution >= 0.6 is 0 Å². The number of carbonyl (C=O) groups is 3. The molecule has 4 amide bonds. The third-order valence-corrected chi connectivity index (χ3v) is 4.02. The first-order valence-corrected chi connectivity index (χ1v) is 7.73. The van der Waals surface area contributed by atoms with Gasteiger partial charge in [-0.1, -0.05) is 12.1 Å². The molecule has 1 aromatic rings. The molecule has 1 N–H and O–H groups in total. The summed E-state index contributed by atoms with van der Waals surface area (Å²) in [6.07, 6.45) is 2.99. The second-order valence-corrected chi connectivity index (χ2v) is 5.64. The van der Waals surface area contributed by atoms with E-state index in [1.165, 1.54) is 6.08 Å². The Morgan fingerprint density at radius 2 is 2.04 bits per heavy atom. The van der Waals surface area contributed by atoms with Gasteiger partial charge < -0.3 is 9.47 Å². The summed E-state index contributed by atoms with van der Waals surface area (Å²) in [5, 5.41) is 2.21. The molecule has 0 bridgehead atoms. The number of hydrogen-bond acceptors (Lipinski definition) is 5. The van der Waals surface area contributed by atoms with Crippen molar-refractivity contribution < 1.29 is 23.9 Å². The van der Waals surface area contributed by atoms with Gasteiger partial charge in [-0.05, 0) is 36.6 Å². The number of methoxy groups -OCH3 is 1. The van der Waals surface area contributed by atoms with E-state index in [1.807, 2.05) is 0 Å². The molecule has 0 aromatic heterocycles. The molecule has 0 saturated carbocycles. The van der Waals surface area contributed by atoms with Crippen LogP contribution in [0.2, 0.25) is 0 Å². The molecule has 7 heteroatoms. The molecule has 1 atom stereocenters. The SMILES string of the molecule is COc1ccc(/C=C2/C(=O)NC(=O)N(CC3CCCO3)C2=O)cc1. The number of carbonyl (C=O) groups excluding carboxylic acids is 3. The number of hydrogen-bond donors (Lipinski definition) is 1. The molecule has 1 aromatic carbocycles. The van der Waals surface area contributed by atoms with Gasteiger partial charge in [0.1, 0.15) is 11.3 Å². The lowest BCUT2D eigenvalue weighted by atomic mass is 10.1. The van der Waals surface area contributed by atoms with E-state index < -0.39 is 17.8 Å². The van der Waals surface area contributed by atoms with Gasteiger partial charge in [-0.25, -0.2) is 4.79 Å². The molecule has 3 rings (SSSR count). The second-order valence-electron chi connectivity index (χ2n) is 5.64. The summed E-state index contributed by atoms with van der Waals surface area (Å²) in [5.74, 6) is -0.619. The number of benzene rings is 1. The van der Waals surface area contributed by atoms with E-state index in [4.69, 9.17) is 9.47 Å². The van der Waals surface area contributed by atoms with Crippen LogP contribution in [0, 0.1) is 0 Å². The first kappa shape index (κ1) is 16.2. The van der Waals surface area contributed by atoms with Gasteiger partial charge in [0.2, 0.25) is 0 Å². The topological polar surface area (TPSA) is 84.9 Å². The van der Waals surface area contributed by atoms with Gasteiger partial charge in [0.05, 0.1) is 19.8 Å². The number of urea groups is 1. The van der Waals surface area contributed by atoms with Crippen molar-refractivity contribution in [2.45, 2.75) is 18.9 Å². The number of amides is 4. The molecule has 2 saturated heterocycles. The molecule has 2 fully saturated rings. The Morgan fingerprint density at radius 3 is 2.67 bits per heavy atom.